The highest BCUT2D eigenvalue weighted by Gasteiger charge is 2.29. The molecule has 0 saturated carbocycles. The minimum Gasteiger partial charge on any atom is -0.379 e. The van der Waals surface area contributed by atoms with Gasteiger partial charge >= 0.3 is 0 Å². The second-order valence-corrected chi connectivity index (χ2v) is 7.17. The molecule has 2 aliphatic rings. The lowest BCUT2D eigenvalue weighted by Gasteiger charge is -2.41. The number of carbonyl (C=O) groups is 1. The van der Waals surface area contributed by atoms with Gasteiger partial charge in [-0.25, -0.2) is 0 Å². The molecule has 0 aromatic rings. The van der Waals surface area contributed by atoms with Crippen LogP contribution in [0.2, 0.25) is 0 Å². The van der Waals surface area contributed by atoms with E-state index < -0.39 is 0 Å². The number of piperidine rings is 1. The fourth-order valence-corrected chi connectivity index (χ4v) is 3.28. The van der Waals surface area contributed by atoms with Crippen LogP contribution < -0.4 is 5.32 Å². The van der Waals surface area contributed by atoms with E-state index in [9.17, 15) is 4.79 Å². The van der Waals surface area contributed by atoms with Gasteiger partial charge in [0.05, 0.1) is 19.8 Å². The number of amides is 1. The summed E-state index contributed by atoms with van der Waals surface area (Å²) < 4.78 is 5.40. The number of morpholine rings is 1. The first-order chi connectivity index (χ1) is 9.97. The fourth-order valence-electron chi connectivity index (χ4n) is 3.28. The van der Waals surface area contributed by atoms with Crippen LogP contribution in [-0.2, 0) is 9.53 Å². The maximum Gasteiger partial charge on any atom is 0.234 e. The van der Waals surface area contributed by atoms with E-state index in [1.165, 1.54) is 12.8 Å². The lowest BCUT2D eigenvalue weighted by atomic mass is 10.0. The Morgan fingerprint density at radius 3 is 2.67 bits per heavy atom. The van der Waals surface area contributed by atoms with E-state index >= 15 is 0 Å². The molecule has 5 nitrogen and oxygen atoms in total. The van der Waals surface area contributed by atoms with Gasteiger partial charge in [-0.3, -0.25) is 14.6 Å². The van der Waals surface area contributed by atoms with Gasteiger partial charge in [-0.05, 0) is 39.2 Å². The van der Waals surface area contributed by atoms with E-state index in [-0.39, 0.29) is 11.4 Å². The summed E-state index contributed by atoms with van der Waals surface area (Å²) in [6, 6.07) is 0. The first-order valence-electron chi connectivity index (χ1n) is 8.29. The number of hydrogen-bond donors (Lipinski definition) is 1. The summed E-state index contributed by atoms with van der Waals surface area (Å²) in [5.74, 6) is 0.877. The van der Waals surface area contributed by atoms with Crippen LogP contribution in [0.3, 0.4) is 0 Å². The molecule has 122 valence electrons. The third-order valence-electron chi connectivity index (χ3n) is 4.69. The van der Waals surface area contributed by atoms with E-state index in [0.717, 1.165) is 45.3 Å². The molecule has 2 saturated heterocycles. The van der Waals surface area contributed by atoms with Crippen LogP contribution in [0.15, 0.2) is 0 Å². The average molecular weight is 297 g/mol. The summed E-state index contributed by atoms with van der Waals surface area (Å²) in [6.07, 6.45) is 2.51. The van der Waals surface area contributed by atoms with Crippen LogP contribution >= 0.6 is 0 Å². The highest BCUT2D eigenvalue weighted by molar-refractivity contribution is 5.78. The van der Waals surface area contributed by atoms with Gasteiger partial charge in [0, 0.05) is 31.7 Å². The van der Waals surface area contributed by atoms with Crippen LogP contribution in [0.5, 0.6) is 0 Å². The van der Waals surface area contributed by atoms with Gasteiger partial charge in [0.1, 0.15) is 0 Å². The molecule has 1 atom stereocenters. The zero-order chi connectivity index (χ0) is 15.3. The standard InChI is InChI=1S/C16H31N3O2/c1-14-5-4-6-18(11-14)12-15(20)17-13-16(2,3)19-7-9-21-10-8-19/h14H,4-13H2,1-3H3,(H,17,20). The van der Waals surface area contributed by atoms with Gasteiger partial charge in [0.2, 0.25) is 5.91 Å². The molecule has 0 bridgehead atoms. The molecule has 2 aliphatic heterocycles. The van der Waals surface area contributed by atoms with Crippen molar-refractivity contribution in [2.24, 2.45) is 5.92 Å². The molecule has 0 aromatic carbocycles. The van der Waals surface area contributed by atoms with E-state index in [2.05, 4.69) is 35.9 Å². The van der Waals surface area contributed by atoms with Crippen LogP contribution in [0.4, 0.5) is 0 Å². The van der Waals surface area contributed by atoms with Gasteiger partial charge in [-0.15, -0.1) is 0 Å². The largest absolute Gasteiger partial charge is 0.379 e. The number of nitrogens with zero attached hydrogens (tertiary/aromatic N) is 2. The molecule has 21 heavy (non-hydrogen) atoms. The summed E-state index contributed by atoms with van der Waals surface area (Å²) >= 11 is 0. The Morgan fingerprint density at radius 1 is 1.29 bits per heavy atom. The predicted molar refractivity (Wildman–Crippen MR) is 84.3 cm³/mol. The van der Waals surface area contributed by atoms with Crippen molar-refractivity contribution < 1.29 is 9.53 Å². The highest BCUT2D eigenvalue weighted by Crippen LogP contribution is 2.16. The SMILES string of the molecule is CC1CCCN(CC(=O)NCC(C)(C)N2CCOCC2)C1. The second kappa shape index (κ2) is 7.56. The maximum atomic E-state index is 12.2. The smallest absolute Gasteiger partial charge is 0.234 e. The lowest BCUT2D eigenvalue weighted by molar-refractivity contribution is -0.123. The zero-order valence-corrected chi connectivity index (χ0v) is 13.9. The van der Waals surface area contributed by atoms with Crippen LogP contribution in [0.25, 0.3) is 0 Å². The van der Waals surface area contributed by atoms with E-state index in [1.54, 1.807) is 0 Å². The quantitative estimate of drug-likeness (QED) is 0.820. The Bertz CT molecular complexity index is 340. The molecule has 2 rings (SSSR count). The molecule has 0 aromatic heterocycles. The van der Waals surface area contributed by atoms with Gasteiger partial charge in [-0.2, -0.15) is 0 Å². The van der Waals surface area contributed by atoms with Gasteiger partial charge in [0.25, 0.3) is 0 Å². The normalized spacial score (nSPS) is 25.8. The third kappa shape index (κ3) is 5.24. The Morgan fingerprint density at radius 2 is 2.00 bits per heavy atom. The average Bonchev–Trinajstić information content (AvgIpc) is 2.46. The molecule has 1 amide bonds. The van der Waals surface area contributed by atoms with Crippen LogP contribution in [-0.4, -0.2) is 73.7 Å². The molecule has 2 fully saturated rings. The van der Waals surface area contributed by atoms with E-state index in [0.29, 0.717) is 13.1 Å². The van der Waals surface area contributed by atoms with Gasteiger partial charge in [0.15, 0.2) is 0 Å². The van der Waals surface area contributed by atoms with Crippen molar-refractivity contribution in [1.29, 1.82) is 0 Å². The van der Waals surface area contributed by atoms with Gasteiger partial charge in [-0.1, -0.05) is 6.92 Å². The molecule has 0 aliphatic carbocycles. The van der Waals surface area contributed by atoms with Crippen molar-refractivity contribution in [3.8, 4) is 0 Å². The predicted octanol–water partition coefficient (Wildman–Crippen LogP) is 0.945. The summed E-state index contributed by atoms with van der Waals surface area (Å²) in [5, 5.41) is 3.12. The topological polar surface area (TPSA) is 44.8 Å². The fraction of sp³-hybridized carbons (Fsp3) is 0.938. The van der Waals surface area contributed by atoms with Crippen LogP contribution in [0, 0.1) is 5.92 Å². The highest BCUT2D eigenvalue weighted by atomic mass is 16.5. The van der Waals surface area contributed by atoms with Crippen molar-refractivity contribution in [1.82, 2.24) is 15.1 Å². The monoisotopic (exact) mass is 297 g/mol. The van der Waals surface area contributed by atoms with Crippen molar-refractivity contribution in [2.75, 3.05) is 52.5 Å². The summed E-state index contributed by atoms with van der Waals surface area (Å²) in [7, 11) is 0. The maximum absolute atomic E-state index is 12.2. The molecular formula is C16H31N3O2. The third-order valence-corrected chi connectivity index (χ3v) is 4.69. The van der Waals surface area contributed by atoms with Crippen molar-refractivity contribution >= 4 is 5.91 Å². The van der Waals surface area contributed by atoms with Gasteiger partial charge < -0.3 is 10.1 Å². The Balaban J connectivity index is 1.72. The molecule has 0 radical (unpaired) electrons. The number of rotatable bonds is 5. The summed E-state index contributed by atoms with van der Waals surface area (Å²) in [6.45, 7) is 13.5. The van der Waals surface area contributed by atoms with Crippen molar-refractivity contribution in [3.63, 3.8) is 0 Å². The first kappa shape index (κ1) is 16.7. The summed E-state index contributed by atoms with van der Waals surface area (Å²) in [5.41, 5.74) is -0.00533. The molecule has 1 N–H and O–H groups in total. The molecule has 5 heteroatoms. The number of hydrogen-bond acceptors (Lipinski definition) is 4. The summed E-state index contributed by atoms with van der Waals surface area (Å²) in [4.78, 5) is 16.8. The molecule has 2 heterocycles. The minimum absolute atomic E-state index is 0.00533. The lowest BCUT2D eigenvalue weighted by Crippen LogP contribution is -2.56. The first-order valence-corrected chi connectivity index (χ1v) is 8.29. The zero-order valence-electron chi connectivity index (χ0n) is 13.9. The van der Waals surface area contributed by atoms with Crippen LogP contribution in [0.1, 0.15) is 33.6 Å². The Kier molecular flexibility index (Phi) is 6.02. The molecule has 0 spiro atoms. The van der Waals surface area contributed by atoms with E-state index in [4.69, 9.17) is 4.74 Å². The molecular weight excluding hydrogens is 266 g/mol. The Hall–Kier alpha value is -0.650. The van der Waals surface area contributed by atoms with Crippen molar-refractivity contribution in [2.45, 2.75) is 39.2 Å². The number of likely N-dealkylation sites (tertiary alicyclic amines) is 1. The number of carbonyl (C=O) groups excluding carboxylic acids is 1. The van der Waals surface area contributed by atoms with Crippen molar-refractivity contribution in [3.05, 3.63) is 0 Å². The molecule has 1 unspecified atom stereocenters. The number of ether oxygens (including phenoxy) is 1. The van der Waals surface area contributed by atoms with E-state index in [1.807, 2.05) is 0 Å². The Labute approximate surface area is 129 Å². The second-order valence-electron chi connectivity index (χ2n) is 7.17. The number of nitrogens with one attached hydrogen (secondary N) is 1. The minimum atomic E-state index is -0.00533.